The van der Waals surface area contributed by atoms with Crippen molar-refractivity contribution < 1.29 is 57.1 Å². The number of nitrogens with one attached hydrogen (secondary N) is 4. The van der Waals surface area contributed by atoms with Crippen LogP contribution in [-0.4, -0.2) is 110 Å². The van der Waals surface area contributed by atoms with Gasteiger partial charge in [0.15, 0.2) is 11.9 Å². The van der Waals surface area contributed by atoms with Gasteiger partial charge in [-0.3, -0.25) is 20.2 Å². The zero-order valence-electron chi connectivity index (χ0n) is 31.1. The van der Waals surface area contributed by atoms with Crippen LogP contribution in [0.2, 0.25) is 0 Å². The third-order valence-corrected chi connectivity index (χ3v) is 6.81. The number of unbranched alkanes of at least 4 members (excludes halogenated alkanes) is 2. The molecule has 50 heavy (non-hydrogen) atoms. The number of carbonyl (C=O) groups excluding carboxylic acids is 5. The molecule has 0 radical (unpaired) electrons. The molecule has 0 aliphatic carbocycles. The lowest BCUT2D eigenvalue weighted by atomic mass is 9.92. The Morgan fingerprint density at radius 2 is 1.54 bits per heavy atom. The number of aliphatic imine (C=N–C) groups is 1. The van der Waals surface area contributed by atoms with E-state index in [0.717, 1.165) is 12.8 Å². The molecule has 0 unspecified atom stereocenters. The van der Waals surface area contributed by atoms with E-state index in [0.29, 0.717) is 13.0 Å². The van der Waals surface area contributed by atoms with Crippen molar-refractivity contribution in [3.8, 4) is 0 Å². The second-order valence-electron chi connectivity index (χ2n) is 14.3. The van der Waals surface area contributed by atoms with Crippen molar-refractivity contribution in [2.24, 2.45) is 4.99 Å². The SMILES string of the molecule is COC(=O)C1=C[C@H](N=C(NC(=O)OC(C)(C)C)NC(=O)OC(C)(C)C)[C@@H](NC(C)=O)[C@H]([C@H](OCCCCCNC(C)=O)[C@H]2COC(C)(C)O2)O1. The van der Waals surface area contributed by atoms with Gasteiger partial charge < -0.3 is 43.8 Å². The molecule has 0 aromatic carbocycles. The number of ether oxygens (including phenoxy) is 7. The Bertz CT molecular complexity index is 1240. The van der Waals surface area contributed by atoms with Gasteiger partial charge in [-0.2, -0.15) is 0 Å². The molecule has 2 aliphatic heterocycles. The number of hydrogen-bond donors (Lipinski definition) is 4. The summed E-state index contributed by atoms with van der Waals surface area (Å²) in [4.78, 5) is 67.0. The van der Waals surface area contributed by atoms with Gasteiger partial charge in [-0.1, -0.05) is 0 Å². The first-order chi connectivity index (χ1) is 23.1. The van der Waals surface area contributed by atoms with E-state index >= 15 is 0 Å². The Labute approximate surface area is 293 Å². The average molecular weight is 714 g/mol. The number of rotatable bonds is 12. The summed E-state index contributed by atoms with van der Waals surface area (Å²) >= 11 is 0. The van der Waals surface area contributed by atoms with Gasteiger partial charge in [-0.25, -0.2) is 19.4 Å². The fraction of sp³-hybridized carbons (Fsp3) is 0.758. The molecular weight excluding hydrogens is 658 g/mol. The Balaban J connectivity index is 2.58. The maximum absolute atomic E-state index is 12.9. The summed E-state index contributed by atoms with van der Waals surface area (Å²) in [5.74, 6) is -3.06. The summed E-state index contributed by atoms with van der Waals surface area (Å²) in [5.41, 5.74) is -1.79. The minimum Gasteiger partial charge on any atom is -0.478 e. The fourth-order valence-electron chi connectivity index (χ4n) is 4.94. The molecule has 5 atom stereocenters. The van der Waals surface area contributed by atoms with Gasteiger partial charge >= 0.3 is 18.2 Å². The van der Waals surface area contributed by atoms with Crippen molar-refractivity contribution in [1.82, 2.24) is 21.3 Å². The summed E-state index contributed by atoms with van der Waals surface area (Å²) in [6.45, 7) is 17.0. The van der Waals surface area contributed by atoms with Crippen LogP contribution in [0.4, 0.5) is 9.59 Å². The van der Waals surface area contributed by atoms with Crippen molar-refractivity contribution in [3.63, 3.8) is 0 Å². The summed E-state index contributed by atoms with van der Waals surface area (Å²) in [6.07, 6.45) is -1.30. The summed E-state index contributed by atoms with van der Waals surface area (Å²) in [5, 5.41) is 10.4. The lowest BCUT2D eigenvalue weighted by Crippen LogP contribution is -2.61. The maximum atomic E-state index is 12.9. The highest BCUT2D eigenvalue weighted by atomic mass is 16.8. The van der Waals surface area contributed by atoms with Crippen LogP contribution in [0.25, 0.3) is 0 Å². The van der Waals surface area contributed by atoms with Crippen molar-refractivity contribution in [2.75, 3.05) is 26.9 Å². The lowest BCUT2D eigenvalue weighted by Gasteiger charge is -2.41. The largest absolute Gasteiger partial charge is 0.478 e. The van der Waals surface area contributed by atoms with Gasteiger partial charge in [-0.15, -0.1) is 0 Å². The highest BCUT2D eigenvalue weighted by Gasteiger charge is 2.49. The smallest absolute Gasteiger partial charge is 0.414 e. The van der Waals surface area contributed by atoms with Gasteiger partial charge in [0.05, 0.1) is 25.8 Å². The Hall–Kier alpha value is -3.96. The molecule has 1 saturated heterocycles. The van der Waals surface area contributed by atoms with E-state index in [9.17, 15) is 24.0 Å². The molecule has 4 N–H and O–H groups in total. The predicted molar refractivity (Wildman–Crippen MR) is 180 cm³/mol. The monoisotopic (exact) mass is 713 g/mol. The van der Waals surface area contributed by atoms with Crippen molar-refractivity contribution in [2.45, 2.75) is 136 Å². The first-order valence-electron chi connectivity index (χ1n) is 16.6. The summed E-state index contributed by atoms with van der Waals surface area (Å²) in [7, 11) is 1.17. The standard InChI is InChI=1S/C33H55N5O12/c1-19(39)34-15-13-12-14-16-45-25(23-18-46-33(9,10)48-23)26-24(35-20(2)40)21(17-22(47-26)27(41)44-11)36-28(37-29(42)49-31(3,4)5)38-30(43)50-32(6,7)8/h17,21,23-26H,12-16,18H2,1-11H3,(H,34,39)(H,35,40)(H2,36,37,38,42,43)/t21-,23+,24+,25+,26+/m0/s1. The molecule has 4 amide bonds. The first-order valence-corrected chi connectivity index (χ1v) is 16.6. The molecule has 2 aliphatic rings. The van der Waals surface area contributed by atoms with E-state index in [1.807, 2.05) is 0 Å². The number of amides is 4. The number of esters is 1. The molecule has 17 nitrogen and oxygen atoms in total. The number of carbonyl (C=O) groups is 5. The highest BCUT2D eigenvalue weighted by Crippen LogP contribution is 2.32. The highest BCUT2D eigenvalue weighted by molar-refractivity contribution is 6.01. The molecule has 0 saturated carbocycles. The Morgan fingerprint density at radius 1 is 0.940 bits per heavy atom. The summed E-state index contributed by atoms with van der Waals surface area (Å²) in [6, 6.07) is -2.21. The fourth-order valence-corrected chi connectivity index (χ4v) is 4.94. The van der Waals surface area contributed by atoms with Crippen LogP contribution in [-0.2, 0) is 47.5 Å². The lowest BCUT2D eigenvalue weighted by molar-refractivity contribution is -0.179. The number of alkyl carbamates (subject to hydrolysis) is 2. The van der Waals surface area contributed by atoms with Gasteiger partial charge in [0.1, 0.15) is 23.4 Å². The van der Waals surface area contributed by atoms with Crippen LogP contribution in [0.3, 0.4) is 0 Å². The molecule has 2 heterocycles. The number of methoxy groups -OCH3 is 1. The van der Waals surface area contributed by atoms with E-state index in [-0.39, 0.29) is 24.9 Å². The predicted octanol–water partition coefficient (Wildman–Crippen LogP) is 2.56. The molecular formula is C33H55N5O12. The maximum Gasteiger partial charge on any atom is 0.414 e. The normalized spacial score (nSPS) is 22.1. The second kappa shape index (κ2) is 18.3. The molecule has 17 heteroatoms. The van der Waals surface area contributed by atoms with Crippen molar-refractivity contribution in [1.29, 1.82) is 0 Å². The van der Waals surface area contributed by atoms with Crippen LogP contribution >= 0.6 is 0 Å². The second-order valence-corrected chi connectivity index (χ2v) is 14.3. The van der Waals surface area contributed by atoms with Crippen LogP contribution in [0, 0.1) is 0 Å². The van der Waals surface area contributed by atoms with Gasteiger partial charge in [-0.05, 0) is 80.7 Å². The molecule has 0 spiro atoms. The van der Waals surface area contributed by atoms with E-state index in [4.69, 9.17) is 33.2 Å². The molecule has 1 fully saturated rings. The van der Waals surface area contributed by atoms with E-state index < -0.39 is 77.4 Å². The third-order valence-electron chi connectivity index (χ3n) is 6.81. The molecule has 0 aromatic heterocycles. The van der Waals surface area contributed by atoms with E-state index in [2.05, 4.69) is 26.3 Å². The minimum absolute atomic E-state index is 0.101. The Kier molecular flexibility index (Phi) is 15.5. The summed E-state index contributed by atoms with van der Waals surface area (Å²) < 4.78 is 40.3. The van der Waals surface area contributed by atoms with Crippen LogP contribution in [0.15, 0.2) is 16.8 Å². The number of hydrogen-bond acceptors (Lipinski definition) is 13. The van der Waals surface area contributed by atoms with E-state index in [1.165, 1.54) is 27.0 Å². The van der Waals surface area contributed by atoms with Crippen LogP contribution < -0.4 is 21.3 Å². The van der Waals surface area contributed by atoms with Crippen molar-refractivity contribution in [3.05, 3.63) is 11.8 Å². The topological polar surface area (TPSA) is 210 Å². The van der Waals surface area contributed by atoms with Crippen molar-refractivity contribution >= 4 is 35.9 Å². The van der Waals surface area contributed by atoms with Gasteiger partial charge in [0.25, 0.3) is 0 Å². The quantitative estimate of drug-likeness (QED) is 0.0756. The number of guanidine groups is 1. The minimum atomic E-state index is -1.16. The zero-order valence-corrected chi connectivity index (χ0v) is 31.1. The molecule has 0 bridgehead atoms. The zero-order chi connectivity index (χ0) is 37.9. The van der Waals surface area contributed by atoms with E-state index in [1.54, 1.807) is 55.4 Å². The first kappa shape index (κ1) is 42.2. The van der Waals surface area contributed by atoms with Crippen LogP contribution in [0.1, 0.15) is 88.5 Å². The molecule has 284 valence electrons. The number of nitrogens with zero attached hydrogens (tertiary/aromatic N) is 1. The molecule has 2 rings (SSSR count). The third kappa shape index (κ3) is 15.3. The Morgan fingerprint density at radius 3 is 2.02 bits per heavy atom. The van der Waals surface area contributed by atoms with Crippen LogP contribution in [0.5, 0.6) is 0 Å². The molecule has 0 aromatic rings. The average Bonchev–Trinajstić information content (AvgIpc) is 3.31. The van der Waals surface area contributed by atoms with Gasteiger partial charge in [0, 0.05) is 27.0 Å². The van der Waals surface area contributed by atoms with Gasteiger partial charge in [0.2, 0.25) is 23.5 Å².